The summed E-state index contributed by atoms with van der Waals surface area (Å²) in [7, 11) is 0. The van der Waals surface area contributed by atoms with Crippen LogP contribution < -0.4 is 5.73 Å². The van der Waals surface area contributed by atoms with E-state index in [1.165, 1.54) is 24.1 Å². The molecule has 7 heteroatoms. The number of hydrogen-bond donors (Lipinski definition) is 1. The van der Waals surface area contributed by atoms with Gasteiger partial charge in [-0.05, 0) is 57.1 Å². The molecule has 3 aromatic rings. The van der Waals surface area contributed by atoms with E-state index in [0.29, 0.717) is 42.5 Å². The van der Waals surface area contributed by atoms with Gasteiger partial charge >= 0.3 is 0 Å². The Morgan fingerprint density at radius 2 is 1.87 bits per heavy atom. The van der Waals surface area contributed by atoms with E-state index in [2.05, 4.69) is 26.7 Å². The van der Waals surface area contributed by atoms with Crippen molar-refractivity contribution >= 4 is 16.7 Å². The Hall–Kier alpha value is -2.54. The second kappa shape index (κ2) is 7.01. The molecule has 3 fully saturated rings. The summed E-state index contributed by atoms with van der Waals surface area (Å²) in [5, 5.41) is 10.7. The van der Waals surface area contributed by atoms with E-state index in [-0.39, 0.29) is 0 Å². The van der Waals surface area contributed by atoms with E-state index in [0.717, 1.165) is 48.8 Å². The first-order chi connectivity index (χ1) is 14.7. The lowest BCUT2D eigenvalue weighted by Crippen LogP contribution is -2.32. The Labute approximate surface area is 175 Å². The van der Waals surface area contributed by atoms with Crippen molar-refractivity contribution in [1.29, 1.82) is 0 Å². The number of carbonyl (C=O) groups is 1. The van der Waals surface area contributed by atoms with Crippen molar-refractivity contribution in [1.82, 2.24) is 24.5 Å². The zero-order chi connectivity index (χ0) is 20.2. The van der Waals surface area contributed by atoms with Crippen molar-refractivity contribution < 1.29 is 4.79 Å². The number of rotatable bonds is 5. The van der Waals surface area contributed by atoms with Gasteiger partial charge in [0.2, 0.25) is 0 Å². The lowest BCUT2D eigenvalue weighted by atomic mass is 9.80. The van der Waals surface area contributed by atoms with Crippen LogP contribution in [0.2, 0.25) is 0 Å². The number of hydrogen-bond acceptors (Lipinski definition) is 5. The number of aromatic nitrogens is 5. The van der Waals surface area contributed by atoms with Crippen molar-refractivity contribution in [2.45, 2.75) is 69.4 Å². The van der Waals surface area contributed by atoms with Gasteiger partial charge in [-0.1, -0.05) is 0 Å². The van der Waals surface area contributed by atoms with Gasteiger partial charge in [-0.2, -0.15) is 10.2 Å². The predicted octanol–water partition coefficient (Wildman–Crippen LogP) is 3.77. The van der Waals surface area contributed by atoms with Crippen LogP contribution in [0, 0.1) is 5.92 Å². The molecular weight excluding hydrogens is 376 g/mol. The summed E-state index contributed by atoms with van der Waals surface area (Å²) < 4.78 is 4.29. The van der Waals surface area contributed by atoms with Crippen LogP contribution >= 0.6 is 0 Å². The third-order valence-electron chi connectivity index (χ3n) is 7.26. The van der Waals surface area contributed by atoms with Gasteiger partial charge in [0.15, 0.2) is 0 Å². The molecule has 6 rings (SSSR count). The normalized spacial score (nSPS) is 25.0. The Balaban J connectivity index is 1.36. The van der Waals surface area contributed by atoms with Gasteiger partial charge in [0, 0.05) is 42.1 Å². The van der Waals surface area contributed by atoms with Gasteiger partial charge in [0.1, 0.15) is 5.78 Å². The van der Waals surface area contributed by atoms with Crippen molar-refractivity contribution in [3.8, 4) is 11.3 Å². The van der Waals surface area contributed by atoms with Crippen LogP contribution in [0.4, 0.5) is 0 Å². The zero-order valence-corrected chi connectivity index (χ0v) is 17.2. The van der Waals surface area contributed by atoms with E-state index < -0.39 is 0 Å². The minimum atomic E-state index is 0.296. The lowest BCUT2D eigenvalue weighted by Gasteiger charge is -2.34. The van der Waals surface area contributed by atoms with Gasteiger partial charge in [-0.25, -0.2) is 0 Å². The van der Waals surface area contributed by atoms with Crippen molar-refractivity contribution in [3.63, 3.8) is 0 Å². The van der Waals surface area contributed by atoms with E-state index in [4.69, 9.17) is 15.8 Å². The van der Waals surface area contributed by atoms with Gasteiger partial charge in [0.25, 0.3) is 0 Å². The molecule has 3 heterocycles. The average molecular weight is 405 g/mol. The highest BCUT2D eigenvalue weighted by molar-refractivity contribution is 5.83. The van der Waals surface area contributed by atoms with Crippen LogP contribution in [0.3, 0.4) is 0 Å². The first-order valence-electron chi connectivity index (χ1n) is 11.3. The zero-order valence-electron chi connectivity index (χ0n) is 17.2. The van der Waals surface area contributed by atoms with Crippen LogP contribution in [-0.2, 0) is 4.79 Å². The smallest absolute Gasteiger partial charge is 0.133 e. The fraction of sp³-hybridized carbons (Fsp3) is 0.565. The number of fused-ring (bicyclic) bond motifs is 1. The van der Waals surface area contributed by atoms with E-state index in [9.17, 15) is 4.79 Å². The molecule has 156 valence electrons. The molecule has 3 saturated carbocycles. The third-order valence-corrected chi connectivity index (χ3v) is 7.26. The molecule has 3 aromatic heterocycles. The molecule has 0 unspecified atom stereocenters. The molecule has 7 nitrogen and oxygen atoms in total. The Bertz CT molecular complexity index is 1090. The van der Waals surface area contributed by atoms with Crippen molar-refractivity contribution in [2.75, 3.05) is 6.54 Å². The van der Waals surface area contributed by atoms with E-state index in [1.807, 2.05) is 12.4 Å². The second-order valence-electron chi connectivity index (χ2n) is 9.40. The molecule has 30 heavy (non-hydrogen) atoms. The Morgan fingerprint density at radius 1 is 1.07 bits per heavy atom. The van der Waals surface area contributed by atoms with E-state index >= 15 is 0 Å². The van der Waals surface area contributed by atoms with Gasteiger partial charge in [-0.3, -0.25) is 19.1 Å². The Kier molecular flexibility index (Phi) is 4.26. The highest BCUT2D eigenvalue weighted by Gasteiger charge is 2.34. The largest absolute Gasteiger partial charge is 0.330 e. The van der Waals surface area contributed by atoms with Crippen molar-refractivity contribution in [2.24, 2.45) is 11.7 Å². The molecule has 3 aliphatic rings. The molecule has 0 radical (unpaired) electrons. The summed E-state index contributed by atoms with van der Waals surface area (Å²) in [6.07, 6.45) is 13.8. The number of nitrogens with two attached hydrogens (primary N) is 1. The van der Waals surface area contributed by atoms with Gasteiger partial charge in [0.05, 0.1) is 35.2 Å². The molecule has 0 amide bonds. The number of carbonyl (C=O) groups excluding carboxylic acids is 1. The number of pyridine rings is 1. The van der Waals surface area contributed by atoms with Gasteiger partial charge < -0.3 is 5.73 Å². The van der Waals surface area contributed by atoms with Gasteiger partial charge in [-0.15, -0.1) is 0 Å². The van der Waals surface area contributed by atoms with Crippen LogP contribution in [0.15, 0.2) is 24.7 Å². The maximum atomic E-state index is 11.7. The maximum absolute atomic E-state index is 11.7. The second-order valence-corrected chi connectivity index (χ2v) is 9.40. The summed E-state index contributed by atoms with van der Waals surface area (Å²) in [4.78, 5) is 16.4. The molecular formula is C23H28N6O. The summed E-state index contributed by atoms with van der Waals surface area (Å²) in [5.41, 5.74) is 10.3. The minimum Gasteiger partial charge on any atom is -0.330 e. The SMILES string of the molecule is NC[C@H]1C[C@H](n2cc(-c3cc4c(cn3)cnn4C3CCC(=O)CC3)c(C3CC3)n2)C1. The third kappa shape index (κ3) is 3.07. The summed E-state index contributed by atoms with van der Waals surface area (Å²) in [5.74, 6) is 1.58. The average Bonchev–Trinajstić information content (AvgIpc) is 3.34. The molecule has 2 N–H and O–H groups in total. The highest BCUT2D eigenvalue weighted by atomic mass is 16.1. The molecule has 0 spiro atoms. The molecule has 0 saturated heterocycles. The maximum Gasteiger partial charge on any atom is 0.133 e. The standard InChI is InChI=1S/C23H28N6O/c24-10-14-7-18(8-14)28-13-20(23(27-28)15-1-2-15)21-9-22-16(11-25-21)12-26-29(22)17-3-5-19(30)6-4-17/h9,11-15,17-18H,1-8,10,24H2/t14-,18-. The molecule has 0 bridgehead atoms. The first-order valence-corrected chi connectivity index (χ1v) is 11.3. The fourth-order valence-electron chi connectivity index (χ4n) is 5.10. The highest BCUT2D eigenvalue weighted by Crippen LogP contribution is 2.45. The van der Waals surface area contributed by atoms with Crippen molar-refractivity contribution in [3.05, 3.63) is 30.4 Å². The van der Waals surface area contributed by atoms with Crippen LogP contribution in [0.1, 0.15) is 75.1 Å². The summed E-state index contributed by atoms with van der Waals surface area (Å²) in [6.45, 7) is 0.773. The molecule has 0 aromatic carbocycles. The topological polar surface area (TPSA) is 91.6 Å². The summed E-state index contributed by atoms with van der Waals surface area (Å²) in [6, 6.07) is 2.94. The van der Waals surface area contributed by atoms with Crippen LogP contribution in [-0.4, -0.2) is 36.9 Å². The minimum absolute atomic E-state index is 0.296. The number of Topliss-reactive ketones (excluding diaryl/α,β-unsaturated/α-hetero) is 1. The lowest BCUT2D eigenvalue weighted by molar-refractivity contribution is -0.120. The summed E-state index contributed by atoms with van der Waals surface area (Å²) >= 11 is 0. The predicted molar refractivity (Wildman–Crippen MR) is 114 cm³/mol. The van der Waals surface area contributed by atoms with Crippen LogP contribution in [0.25, 0.3) is 22.2 Å². The number of ketones is 1. The molecule has 3 aliphatic carbocycles. The van der Waals surface area contributed by atoms with E-state index in [1.54, 1.807) is 0 Å². The monoisotopic (exact) mass is 404 g/mol. The Morgan fingerprint density at radius 3 is 2.60 bits per heavy atom. The molecule has 0 atom stereocenters. The molecule has 0 aliphatic heterocycles. The fourth-order valence-corrected chi connectivity index (χ4v) is 5.10. The number of nitrogens with zero attached hydrogens (tertiary/aromatic N) is 5. The first kappa shape index (κ1) is 18.2. The quantitative estimate of drug-likeness (QED) is 0.699. The van der Waals surface area contributed by atoms with Crippen LogP contribution in [0.5, 0.6) is 0 Å².